The highest BCUT2D eigenvalue weighted by Gasteiger charge is 2.34. The second-order valence-corrected chi connectivity index (χ2v) is 8.73. The molecule has 4 rings (SSSR count). The van der Waals surface area contributed by atoms with Crippen LogP contribution in [0.15, 0.2) is 76.8 Å². The molecular formula is C27H25BrN2O5. The van der Waals surface area contributed by atoms with Crippen molar-refractivity contribution in [2.75, 3.05) is 25.3 Å². The number of carbonyl (C=O) groups excluding carboxylic acids is 2. The molecule has 1 saturated heterocycles. The molecule has 3 aromatic rings. The van der Waals surface area contributed by atoms with Crippen LogP contribution in [0.2, 0.25) is 0 Å². The van der Waals surface area contributed by atoms with Crippen LogP contribution in [0.3, 0.4) is 0 Å². The smallest absolute Gasteiger partial charge is 0.282 e. The third kappa shape index (κ3) is 5.84. The molecule has 0 atom stereocenters. The van der Waals surface area contributed by atoms with E-state index >= 15 is 0 Å². The number of para-hydroxylation sites is 1. The Morgan fingerprint density at radius 3 is 2.40 bits per heavy atom. The summed E-state index contributed by atoms with van der Waals surface area (Å²) in [7, 11) is 1.54. The van der Waals surface area contributed by atoms with Crippen LogP contribution in [0.5, 0.6) is 17.2 Å². The fraction of sp³-hybridized carbons (Fsp3) is 0.185. The minimum absolute atomic E-state index is 0.0322. The van der Waals surface area contributed by atoms with Gasteiger partial charge < -0.3 is 14.2 Å². The fourth-order valence-corrected chi connectivity index (χ4v) is 4.08. The molecule has 0 spiro atoms. The lowest BCUT2D eigenvalue weighted by Crippen LogP contribution is -2.35. The monoisotopic (exact) mass is 536 g/mol. The molecule has 1 aliphatic rings. The summed E-state index contributed by atoms with van der Waals surface area (Å²) in [6, 6.07) is 20.3. The van der Waals surface area contributed by atoms with Gasteiger partial charge in [-0.05, 0) is 70.9 Å². The molecule has 8 heteroatoms. The molecule has 0 unspecified atom stereocenters. The van der Waals surface area contributed by atoms with Crippen LogP contribution >= 0.6 is 15.9 Å². The number of halogens is 1. The average Bonchev–Trinajstić information content (AvgIpc) is 3.14. The molecule has 1 aliphatic heterocycles. The van der Waals surface area contributed by atoms with E-state index in [0.717, 1.165) is 5.75 Å². The van der Waals surface area contributed by atoms with E-state index in [1.54, 1.807) is 36.4 Å². The number of aryl methyl sites for hydroxylation is 1. The third-order valence-electron chi connectivity index (χ3n) is 5.29. The number of nitrogens with zero attached hydrogens (tertiary/aromatic N) is 1. The van der Waals surface area contributed by atoms with Crippen molar-refractivity contribution in [3.8, 4) is 17.2 Å². The van der Waals surface area contributed by atoms with Gasteiger partial charge in [0.15, 0.2) is 11.5 Å². The summed E-state index contributed by atoms with van der Waals surface area (Å²) in [5.74, 6) is 0.950. The number of hydrogen-bond donors (Lipinski definition) is 1. The van der Waals surface area contributed by atoms with Gasteiger partial charge in [0.1, 0.15) is 11.3 Å². The summed E-state index contributed by atoms with van der Waals surface area (Å²) in [5.41, 5.74) is 5.02. The van der Waals surface area contributed by atoms with E-state index in [4.69, 9.17) is 14.2 Å². The lowest BCUT2D eigenvalue weighted by Gasteiger charge is -2.14. The topological polar surface area (TPSA) is 77.1 Å². The predicted octanol–water partition coefficient (Wildman–Crippen LogP) is 5.08. The maximum atomic E-state index is 12.8. The Balaban J connectivity index is 1.41. The van der Waals surface area contributed by atoms with Crippen LogP contribution in [-0.2, 0) is 9.59 Å². The number of carbonyl (C=O) groups is 2. The maximum absolute atomic E-state index is 12.8. The van der Waals surface area contributed by atoms with Crippen molar-refractivity contribution in [2.24, 2.45) is 0 Å². The van der Waals surface area contributed by atoms with Crippen molar-refractivity contribution in [1.82, 2.24) is 5.43 Å². The molecule has 2 amide bonds. The number of amides is 2. The fourth-order valence-electron chi connectivity index (χ4n) is 3.50. The number of nitrogens with one attached hydrogen (secondary N) is 1. The predicted molar refractivity (Wildman–Crippen MR) is 138 cm³/mol. The van der Waals surface area contributed by atoms with Gasteiger partial charge in [-0.3, -0.25) is 15.0 Å². The molecule has 0 aromatic heterocycles. The first kappa shape index (κ1) is 24.3. The highest BCUT2D eigenvalue weighted by molar-refractivity contribution is 9.10. The lowest BCUT2D eigenvalue weighted by atomic mass is 10.1. The first-order valence-electron chi connectivity index (χ1n) is 11.1. The largest absolute Gasteiger partial charge is 0.493 e. The highest BCUT2D eigenvalue weighted by atomic mass is 79.9. The van der Waals surface area contributed by atoms with E-state index in [2.05, 4.69) is 21.4 Å². The van der Waals surface area contributed by atoms with Crippen LogP contribution in [0, 0.1) is 6.92 Å². The second kappa shape index (κ2) is 11.1. The van der Waals surface area contributed by atoms with Crippen molar-refractivity contribution in [3.05, 3.63) is 87.9 Å². The second-order valence-electron chi connectivity index (χ2n) is 7.87. The number of methoxy groups -OCH3 is 1. The standard InChI is InChI=1S/C27H25BrN2O5/c1-18-9-11-21(12-10-18)34-13-6-14-35-25-23(28)16-19(17-24(25)33-2)15-22-26(31)29-30(27(22)32)20-7-4-3-5-8-20/h3-5,7-12,15-17H,6,13-14H2,1-2H3,(H,29,31). The number of benzene rings is 3. The summed E-state index contributed by atoms with van der Waals surface area (Å²) in [6.07, 6.45) is 2.21. The Bertz CT molecular complexity index is 1240. The summed E-state index contributed by atoms with van der Waals surface area (Å²) >= 11 is 3.52. The number of rotatable bonds is 9. The zero-order valence-corrected chi connectivity index (χ0v) is 21.0. The molecule has 0 saturated carbocycles. The van der Waals surface area contributed by atoms with Gasteiger partial charge in [-0.2, -0.15) is 0 Å². The number of ether oxygens (including phenoxy) is 3. The molecule has 35 heavy (non-hydrogen) atoms. The first-order valence-corrected chi connectivity index (χ1v) is 11.9. The van der Waals surface area contributed by atoms with Crippen molar-refractivity contribution in [3.63, 3.8) is 0 Å². The van der Waals surface area contributed by atoms with Gasteiger partial charge in [0, 0.05) is 6.42 Å². The normalized spacial score (nSPS) is 14.3. The molecule has 180 valence electrons. The quantitative estimate of drug-likeness (QED) is 0.234. The van der Waals surface area contributed by atoms with Gasteiger partial charge in [0.05, 0.1) is 30.5 Å². The Morgan fingerprint density at radius 2 is 1.69 bits per heavy atom. The lowest BCUT2D eigenvalue weighted by molar-refractivity contribution is -0.117. The van der Waals surface area contributed by atoms with Gasteiger partial charge in [-0.1, -0.05) is 35.9 Å². The Labute approximate surface area is 212 Å². The molecule has 7 nitrogen and oxygen atoms in total. The average molecular weight is 537 g/mol. The van der Waals surface area contributed by atoms with Gasteiger partial charge in [-0.25, -0.2) is 5.01 Å². The van der Waals surface area contributed by atoms with Crippen LogP contribution in [0.25, 0.3) is 6.08 Å². The first-order chi connectivity index (χ1) is 17.0. The molecule has 0 aliphatic carbocycles. The van der Waals surface area contributed by atoms with E-state index in [9.17, 15) is 9.59 Å². The van der Waals surface area contributed by atoms with Crippen molar-refractivity contribution in [1.29, 1.82) is 0 Å². The summed E-state index contributed by atoms with van der Waals surface area (Å²) in [4.78, 5) is 25.3. The zero-order valence-electron chi connectivity index (χ0n) is 19.4. The minimum atomic E-state index is -0.470. The van der Waals surface area contributed by atoms with E-state index < -0.39 is 11.8 Å². The van der Waals surface area contributed by atoms with Gasteiger partial charge in [0.2, 0.25) is 0 Å². The Kier molecular flexibility index (Phi) is 7.72. The molecule has 1 fully saturated rings. The third-order valence-corrected chi connectivity index (χ3v) is 5.88. The van der Waals surface area contributed by atoms with Crippen LogP contribution < -0.4 is 24.6 Å². The summed E-state index contributed by atoms with van der Waals surface area (Å²) in [6.45, 7) is 2.97. The van der Waals surface area contributed by atoms with E-state index in [-0.39, 0.29) is 5.57 Å². The van der Waals surface area contributed by atoms with Crippen LogP contribution in [0.1, 0.15) is 17.5 Å². The number of anilines is 1. The van der Waals surface area contributed by atoms with Crippen molar-refractivity contribution < 1.29 is 23.8 Å². The zero-order chi connectivity index (χ0) is 24.8. The molecule has 1 N–H and O–H groups in total. The summed E-state index contributed by atoms with van der Waals surface area (Å²) in [5, 5.41) is 1.23. The SMILES string of the molecule is COc1cc(C=C2C(=O)NN(c3ccccc3)C2=O)cc(Br)c1OCCCOc1ccc(C)cc1. The Morgan fingerprint density at radius 1 is 0.971 bits per heavy atom. The molecule has 3 aromatic carbocycles. The van der Waals surface area contributed by atoms with E-state index in [0.29, 0.717) is 46.9 Å². The van der Waals surface area contributed by atoms with Gasteiger partial charge in [-0.15, -0.1) is 0 Å². The Hall–Kier alpha value is -3.78. The van der Waals surface area contributed by atoms with Gasteiger partial charge >= 0.3 is 0 Å². The molecule has 0 radical (unpaired) electrons. The molecular weight excluding hydrogens is 512 g/mol. The van der Waals surface area contributed by atoms with Crippen molar-refractivity contribution in [2.45, 2.75) is 13.3 Å². The molecule has 1 heterocycles. The van der Waals surface area contributed by atoms with Gasteiger partial charge in [0.25, 0.3) is 11.8 Å². The highest BCUT2D eigenvalue weighted by Crippen LogP contribution is 2.37. The number of hydrogen-bond acceptors (Lipinski definition) is 5. The summed E-state index contributed by atoms with van der Waals surface area (Å²) < 4.78 is 17.8. The van der Waals surface area contributed by atoms with Crippen LogP contribution in [0.4, 0.5) is 5.69 Å². The van der Waals surface area contributed by atoms with E-state index in [1.165, 1.54) is 23.8 Å². The van der Waals surface area contributed by atoms with Crippen LogP contribution in [-0.4, -0.2) is 32.1 Å². The molecule has 0 bridgehead atoms. The minimum Gasteiger partial charge on any atom is -0.493 e. The maximum Gasteiger partial charge on any atom is 0.282 e. The number of hydrazine groups is 1. The van der Waals surface area contributed by atoms with E-state index in [1.807, 2.05) is 37.3 Å². The van der Waals surface area contributed by atoms with Crippen molar-refractivity contribution >= 4 is 39.5 Å².